The Bertz CT molecular complexity index is 1010. The van der Waals surface area contributed by atoms with Crippen molar-refractivity contribution in [1.82, 2.24) is 34.6 Å². The molecule has 116 valence electrons. The van der Waals surface area contributed by atoms with Gasteiger partial charge in [-0.1, -0.05) is 5.21 Å². The van der Waals surface area contributed by atoms with Crippen molar-refractivity contribution in [3.05, 3.63) is 24.4 Å². The third-order valence-electron chi connectivity index (χ3n) is 3.70. The van der Waals surface area contributed by atoms with Crippen molar-refractivity contribution in [3.8, 4) is 11.3 Å². The lowest BCUT2D eigenvalue weighted by atomic mass is 10.2. The lowest BCUT2D eigenvalue weighted by Gasteiger charge is -2.06. The van der Waals surface area contributed by atoms with Gasteiger partial charge in [0.1, 0.15) is 11.0 Å². The van der Waals surface area contributed by atoms with E-state index in [1.807, 2.05) is 31.3 Å². The van der Waals surface area contributed by atoms with Crippen LogP contribution < -0.4 is 11.1 Å². The summed E-state index contributed by atoms with van der Waals surface area (Å²) in [4.78, 5) is 8.95. The summed E-state index contributed by atoms with van der Waals surface area (Å²) in [5.74, 6) is 0.863. The fraction of sp³-hybridized carbons (Fsp3) is 0.214. The quantitative estimate of drug-likeness (QED) is 0.584. The van der Waals surface area contributed by atoms with Gasteiger partial charge in [-0.3, -0.25) is 0 Å². The Morgan fingerprint density at radius 1 is 1.22 bits per heavy atom. The number of fused-ring (bicyclic) bond motifs is 2. The Kier molecular flexibility index (Phi) is 2.86. The molecule has 3 N–H and O–H groups in total. The topological polar surface area (TPSA) is 112 Å². The maximum atomic E-state index is 5.73. The maximum absolute atomic E-state index is 5.73. The Balaban J connectivity index is 1.98. The Morgan fingerprint density at radius 2 is 2.09 bits per heavy atom. The summed E-state index contributed by atoms with van der Waals surface area (Å²) in [5.41, 5.74) is 9.80. The zero-order chi connectivity index (χ0) is 16.0. The lowest BCUT2D eigenvalue weighted by molar-refractivity contribution is 0.641. The van der Waals surface area contributed by atoms with Gasteiger partial charge in [0.05, 0.1) is 5.69 Å². The van der Waals surface area contributed by atoms with Crippen LogP contribution in [-0.4, -0.2) is 41.6 Å². The Morgan fingerprint density at radius 3 is 2.87 bits per heavy atom. The van der Waals surface area contributed by atoms with Gasteiger partial charge in [0.25, 0.3) is 0 Å². The highest BCUT2D eigenvalue weighted by atomic mass is 15.4. The first kappa shape index (κ1) is 13.4. The number of nitrogens with one attached hydrogen (secondary N) is 1. The molecule has 0 aromatic carbocycles. The minimum absolute atomic E-state index is 0.209. The average Bonchev–Trinajstić information content (AvgIpc) is 3.16. The van der Waals surface area contributed by atoms with Gasteiger partial charge in [-0.05, 0) is 25.1 Å². The van der Waals surface area contributed by atoms with Crippen molar-refractivity contribution in [2.24, 2.45) is 0 Å². The number of nitrogens with two attached hydrogens (primary N) is 1. The van der Waals surface area contributed by atoms with Gasteiger partial charge >= 0.3 is 0 Å². The first-order valence-corrected chi connectivity index (χ1v) is 7.24. The molecule has 4 aromatic heterocycles. The Hall–Kier alpha value is -3.23. The zero-order valence-electron chi connectivity index (χ0n) is 12.7. The van der Waals surface area contributed by atoms with Crippen molar-refractivity contribution in [3.63, 3.8) is 0 Å². The highest BCUT2D eigenvalue weighted by Gasteiger charge is 2.15. The number of aryl methyl sites for hydroxylation is 1. The van der Waals surface area contributed by atoms with Gasteiger partial charge in [0.2, 0.25) is 5.95 Å². The number of pyridine rings is 1. The summed E-state index contributed by atoms with van der Waals surface area (Å²) in [6.45, 7) is 2.72. The molecule has 0 amide bonds. The predicted molar refractivity (Wildman–Crippen MR) is 86.9 cm³/mol. The van der Waals surface area contributed by atoms with Crippen molar-refractivity contribution in [2.75, 3.05) is 18.1 Å². The fourth-order valence-corrected chi connectivity index (χ4v) is 2.64. The van der Waals surface area contributed by atoms with Crippen LogP contribution in [0.3, 0.4) is 0 Å². The third-order valence-corrected chi connectivity index (χ3v) is 3.70. The number of nitrogens with zero attached hydrogens (tertiary/aromatic N) is 7. The van der Waals surface area contributed by atoms with Crippen molar-refractivity contribution >= 4 is 28.4 Å². The van der Waals surface area contributed by atoms with E-state index < -0.39 is 0 Å². The van der Waals surface area contributed by atoms with Crippen molar-refractivity contribution < 1.29 is 0 Å². The van der Waals surface area contributed by atoms with Crippen LogP contribution in [-0.2, 0) is 6.54 Å². The van der Waals surface area contributed by atoms with E-state index in [0.717, 1.165) is 27.9 Å². The second kappa shape index (κ2) is 4.90. The molecule has 0 spiro atoms. The van der Waals surface area contributed by atoms with Crippen LogP contribution in [0.25, 0.3) is 27.9 Å². The molecule has 0 fully saturated rings. The van der Waals surface area contributed by atoms with Crippen molar-refractivity contribution in [1.29, 1.82) is 0 Å². The van der Waals surface area contributed by atoms with E-state index in [1.54, 1.807) is 16.2 Å². The zero-order valence-corrected chi connectivity index (χ0v) is 12.7. The molecule has 23 heavy (non-hydrogen) atoms. The molecule has 4 heterocycles. The molecule has 4 aromatic rings. The van der Waals surface area contributed by atoms with E-state index in [1.165, 1.54) is 0 Å². The van der Waals surface area contributed by atoms with E-state index in [4.69, 9.17) is 10.7 Å². The molecule has 0 aliphatic heterocycles. The average molecular weight is 309 g/mol. The smallest absolute Gasteiger partial charge is 0.240 e. The SMILES string of the molecule is CCn1nnc2ccc(-c3ccn4nc(N)nc(NC)c34)nc21. The van der Waals surface area contributed by atoms with Crippen LogP contribution in [0.4, 0.5) is 11.8 Å². The molecule has 0 saturated heterocycles. The molecule has 0 saturated carbocycles. The molecule has 0 radical (unpaired) electrons. The molecular weight excluding hydrogens is 294 g/mol. The van der Waals surface area contributed by atoms with E-state index >= 15 is 0 Å². The van der Waals surface area contributed by atoms with E-state index in [2.05, 4.69) is 25.7 Å². The Labute approximate surface area is 131 Å². The van der Waals surface area contributed by atoms with Gasteiger partial charge in [-0.2, -0.15) is 4.98 Å². The number of nitrogen functional groups attached to an aromatic ring is 1. The van der Waals surface area contributed by atoms with E-state index in [0.29, 0.717) is 12.4 Å². The monoisotopic (exact) mass is 309 g/mol. The van der Waals surface area contributed by atoms with Gasteiger partial charge in [-0.25, -0.2) is 14.2 Å². The number of rotatable bonds is 3. The summed E-state index contributed by atoms with van der Waals surface area (Å²) >= 11 is 0. The van der Waals surface area contributed by atoms with Crippen LogP contribution in [0.15, 0.2) is 24.4 Å². The first-order chi connectivity index (χ1) is 11.2. The summed E-state index contributed by atoms with van der Waals surface area (Å²) in [6, 6.07) is 5.78. The second-order valence-electron chi connectivity index (χ2n) is 5.04. The minimum atomic E-state index is 0.209. The lowest BCUT2D eigenvalue weighted by Crippen LogP contribution is -2.05. The number of hydrogen-bond donors (Lipinski definition) is 2. The molecular formula is C14H15N9. The summed E-state index contributed by atoms with van der Waals surface area (Å²) in [5, 5.41) is 15.5. The molecule has 0 atom stereocenters. The number of hydrogen-bond acceptors (Lipinski definition) is 7. The largest absolute Gasteiger partial charge is 0.371 e. The molecule has 0 aliphatic carbocycles. The molecule has 0 bridgehead atoms. The van der Waals surface area contributed by atoms with Gasteiger partial charge in [-0.15, -0.1) is 10.2 Å². The highest BCUT2D eigenvalue weighted by molar-refractivity contribution is 5.89. The van der Waals surface area contributed by atoms with Gasteiger partial charge in [0.15, 0.2) is 11.5 Å². The third kappa shape index (κ3) is 1.97. The fourth-order valence-electron chi connectivity index (χ4n) is 2.64. The van der Waals surface area contributed by atoms with Gasteiger partial charge in [0, 0.05) is 25.4 Å². The molecule has 9 heteroatoms. The number of anilines is 2. The molecule has 0 unspecified atom stereocenters. The first-order valence-electron chi connectivity index (χ1n) is 7.24. The van der Waals surface area contributed by atoms with E-state index in [-0.39, 0.29) is 5.95 Å². The van der Waals surface area contributed by atoms with Gasteiger partial charge < -0.3 is 11.1 Å². The highest BCUT2D eigenvalue weighted by Crippen LogP contribution is 2.29. The molecule has 9 nitrogen and oxygen atoms in total. The van der Waals surface area contributed by atoms with Crippen LogP contribution in [0.2, 0.25) is 0 Å². The summed E-state index contributed by atoms with van der Waals surface area (Å²) in [6.07, 6.45) is 1.84. The maximum Gasteiger partial charge on any atom is 0.240 e. The molecule has 0 aliphatic rings. The summed E-state index contributed by atoms with van der Waals surface area (Å²) in [7, 11) is 1.80. The minimum Gasteiger partial charge on any atom is -0.371 e. The number of aromatic nitrogens is 7. The predicted octanol–water partition coefficient (Wildman–Crippen LogP) is 1.18. The van der Waals surface area contributed by atoms with E-state index in [9.17, 15) is 0 Å². The standard InChI is InChI=1S/C14H15N9/c1-3-22-13-10(19-21-22)5-4-9(17-13)8-6-7-23-11(8)12(16-2)18-14(15)20-23/h4-7H,3H2,1-2H3,(H3,15,16,18,20). The van der Waals surface area contributed by atoms with Crippen LogP contribution >= 0.6 is 0 Å². The second-order valence-corrected chi connectivity index (χ2v) is 5.04. The summed E-state index contributed by atoms with van der Waals surface area (Å²) < 4.78 is 3.47. The van der Waals surface area contributed by atoms with Crippen LogP contribution in [0.5, 0.6) is 0 Å². The normalized spacial score (nSPS) is 11.4. The molecule has 4 rings (SSSR count). The van der Waals surface area contributed by atoms with Crippen molar-refractivity contribution in [2.45, 2.75) is 13.5 Å². The van der Waals surface area contributed by atoms with Crippen LogP contribution in [0, 0.1) is 0 Å². The van der Waals surface area contributed by atoms with Crippen LogP contribution in [0.1, 0.15) is 6.92 Å².